The zero-order valence-electron chi connectivity index (χ0n) is 11.3. The molecule has 0 bridgehead atoms. The molecule has 7 heteroatoms. The van der Waals surface area contributed by atoms with Gasteiger partial charge < -0.3 is 11.5 Å². The van der Waals surface area contributed by atoms with Gasteiger partial charge in [0.05, 0.1) is 10.7 Å². The summed E-state index contributed by atoms with van der Waals surface area (Å²) in [7, 11) is 0. The Bertz CT molecular complexity index is 770. The van der Waals surface area contributed by atoms with E-state index in [1.165, 1.54) is 0 Å². The van der Waals surface area contributed by atoms with Gasteiger partial charge in [-0.25, -0.2) is 0 Å². The summed E-state index contributed by atoms with van der Waals surface area (Å²) in [5.74, 6) is 0.533. The predicted octanol–water partition coefficient (Wildman–Crippen LogP) is 2.46. The minimum absolute atomic E-state index is 0.533. The summed E-state index contributed by atoms with van der Waals surface area (Å²) in [4.78, 5) is 0. The number of tetrazole rings is 1. The van der Waals surface area contributed by atoms with Crippen LogP contribution in [-0.2, 0) is 0 Å². The Kier molecular flexibility index (Phi) is 3.23. The van der Waals surface area contributed by atoms with Crippen LogP contribution in [0.2, 0.25) is 5.02 Å². The molecule has 0 radical (unpaired) electrons. The second-order valence-electron chi connectivity index (χ2n) is 4.71. The lowest BCUT2D eigenvalue weighted by Crippen LogP contribution is -2.03. The highest BCUT2D eigenvalue weighted by Crippen LogP contribution is 2.29. The molecule has 0 amide bonds. The molecule has 6 nitrogen and oxygen atoms in total. The number of hydrogen-bond donors (Lipinski definition) is 2. The molecule has 3 rings (SSSR count). The Balaban J connectivity index is 2.22. The van der Waals surface area contributed by atoms with Crippen molar-refractivity contribution in [2.75, 3.05) is 11.5 Å². The number of nitrogen functional groups attached to an aromatic ring is 2. The molecular weight excluding hydrogens is 288 g/mol. The Morgan fingerprint density at radius 3 is 2.48 bits per heavy atom. The van der Waals surface area contributed by atoms with Crippen molar-refractivity contribution in [1.29, 1.82) is 0 Å². The Hall–Kier alpha value is -2.60. The van der Waals surface area contributed by atoms with Gasteiger partial charge in [0.15, 0.2) is 5.82 Å². The van der Waals surface area contributed by atoms with Crippen LogP contribution < -0.4 is 11.5 Å². The van der Waals surface area contributed by atoms with E-state index in [1.807, 2.05) is 19.1 Å². The first kappa shape index (κ1) is 13.4. The van der Waals surface area contributed by atoms with Gasteiger partial charge in [0, 0.05) is 16.9 Å². The lowest BCUT2D eigenvalue weighted by molar-refractivity contribution is 0.787. The molecule has 21 heavy (non-hydrogen) atoms. The molecule has 0 saturated carbocycles. The van der Waals surface area contributed by atoms with Gasteiger partial charge in [0.1, 0.15) is 0 Å². The van der Waals surface area contributed by atoms with Gasteiger partial charge in [-0.15, -0.1) is 5.10 Å². The van der Waals surface area contributed by atoms with Gasteiger partial charge in [-0.3, -0.25) is 0 Å². The molecule has 0 spiro atoms. The van der Waals surface area contributed by atoms with Crippen LogP contribution in [0, 0.1) is 6.92 Å². The van der Waals surface area contributed by atoms with Crippen LogP contribution >= 0.6 is 11.6 Å². The second kappa shape index (κ2) is 5.06. The molecular formula is C14H13ClN6. The molecule has 1 aromatic heterocycles. The number of hydrogen-bond acceptors (Lipinski definition) is 5. The average Bonchev–Trinajstić information content (AvgIpc) is 2.86. The zero-order valence-corrected chi connectivity index (χ0v) is 12.0. The number of benzene rings is 2. The second-order valence-corrected chi connectivity index (χ2v) is 5.12. The first-order valence-corrected chi connectivity index (χ1v) is 6.64. The Labute approximate surface area is 126 Å². The Morgan fingerprint density at radius 2 is 1.81 bits per heavy atom. The van der Waals surface area contributed by atoms with Gasteiger partial charge in [0.25, 0.3) is 0 Å². The molecule has 2 aromatic carbocycles. The SMILES string of the molecule is Cc1cccc(Cl)c1-n1nnnc1-c1cc(N)cc(N)c1. The van der Waals surface area contributed by atoms with Crippen molar-refractivity contribution in [3.05, 3.63) is 47.0 Å². The number of halogens is 1. The standard InChI is InChI=1S/C14H13ClN6/c1-8-3-2-4-12(15)13(8)21-14(18-19-20-21)9-5-10(16)7-11(17)6-9/h2-7H,16-17H2,1H3. The molecule has 4 N–H and O–H groups in total. The van der Waals surface area contributed by atoms with Crippen LogP contribution in [-0.4, -0.2) is 20.2 Å². The molecule has 0 unspecified atom stereocenters. The van der Waals surface area contributed by atoms with Crippen molar-refractivity contribution in [1.82, 2.24) is 20.2 Å². The van der Waals surface area contributed by atoms with Crippen LogP contribution in [0.25, 0.3) is 17.1 Å². The summed E-state index contributed by atoms with van der Waals surface area (Å²) < 4.78 is 1.59. The number of nitrogens with two attached hydrogens (primary N) is 2. The van der Waals surface area contributed by atoms with E-state index in [-0.39, 0.29) is 0 Å². The normalized spacial score (nSPS) is 10.8. The maximum atomic E-state index is 6.28. The van der Waals surface area contributed by atoms with Crippen molar-refractivity contribution < 1.29 is 0 Å². The lowest BCUT2D eigenvalue weighted by atomic mass is 10.1. The van der Waals surface area contributed by atoms with Crippen LogP contribution in [0.5, 0.6) is 0 Å². The van der Waals surface area contributed by atoms with Crippen molar-refractivity contribution in [3.63, 3.8) is 0 Å². The predicted molar refractivity (Wildman–Crippen MR) is 83.2 cm³/mol. The fourth-order valence-electron chi connectivity index (χ4n) is 2.21. The molecule has 0 aliphatic rings. The van der Waals surface area contributed by atoms with Crippen molar-refractivity contribution in [3.8, 4) is 17.1 Å². The van der Waals surface area contributed by atoms with E-state index in [2.05, 4.69) is 15.5 Å². The fourth-order valence-corrected chi connectivity index (χ4v) is 2.52. The van der Waals surface area contributed by atoms with Crippen molar-refractivity contribution >= 4 is 23.0 Å². The highest BCUT2D eigenvalue weighted by molar-refractivity contribution is 6.32. The summed E-state index contributed by atoms with van der Waals surface area (Å²) >= 11 is 6.28. The average molecular weight is 301 g/mol. The van der Waals surface area contributed by atoms with Gasteiger partial charge in [-0.2, -0.15) is 4.68 Å². The third kappa shape index (κ3) is 2.41. The highest BCUT2D eigenvalue weighted by atomic mass is 35.5. The number of para-hydroxylation sites is 1. The number of anilines is 2. The van der Waals surface area contributed by atoms with E-state index in [0.717, 1.165) is 16.8 Å². The number of rotatable bonds is 2. The summed E-state index contributed by atoms with van der Waals surface area (Å²) in [6, 6.07) is 10.8. The number of nitrogens with zero attached hydrogens (tertiary/aromatic N) is 4. The van der Waals surface area contributed by atoms with Crippen LogP contribution in [0.3, 0.4) is 0 Å². The minimum atomic E-state index is 0.533. The van der Waals surface area contributed by atoms with E-state index >= 15 is 0 Å². The molecule has 3 aromatic rings. The van der Waals surface area contributed by atoms with Crippen LogP contribution in [0.1, 0.15) is 5.56 Å². The lowest BCUT2D eigenvalue weighted by Gasteiger charge is -2.10. The first-order chi connectivity index (χ1) is 10.1. The van der Waals surface area contributed by atoms with E-state index in [1.54, 1.807) is 28.9 Å². The molecule has 0 atom stereocenters. The summed E-state index contributed by atoms with van der Waals surface area (Å²) in [6.45, 7) is 1.94. The quantitative estimate of drug-likeness (QED) is 0.709. The molecule has 0 aliphatic heterocycles. The third-order valence-electron chi connectivity index (χ3n) is 3.11. The van der Waals surface area contributed by atoms with Crippen LogP contribution in [0.4, 0.5) is 11.4 Å². The zero-order chi connectivity index (χ0) is 15.0. The smallest absolute Gasteiger partial charge is 0.187 e. The van der Waals surface area contributed by atoms with E-state index < -0.39 is 0 Å². The van der Waals surface area contributed by atoms with E-state index in [9.17, 15) is 0 Å². The maximum absolute atomic E-state index is 6.28. The molecule has 1 heterocycles. The highest BCUT2D eigenvalue weighted by Gasteiger charge is 2.15. The summed E-state index contributed by atoms with van der Waals surface area (Å²) in [5.41, 5.74) is 15.2. The summed E-state index contributed by atoms with van der Waals surface area (Å²) in [6.07, 6.45) is 0. The maximum Gasteiger partial charge on any atom is 0.187 e. The van der Waals surface area contributed by atoms with E-state index in [0.29, 0.717) is 22.2 Å². The number of aryl methyl sites for hydroxylation is 1. The molecule has 106 valence electrons. The molecule has 0 saturated heterocycles. The van der Waals surface area contributed by atoms with Gasteiger partial charge in [-0.05, 0) is 47.2 Å². The van der Waals surface area contributed by atoms with Crippen LogP contribution in [0.15, 0.2) is 36.4 Å². The number of aromatic nitrogens is 4. The van der Waals surface area contributed by atoms with Crippen molar-refractivity contribution in [2.45, 2.75) is 6.92 Å². The fraction of sp³-hybridized carbons (Fsp3) is 0.0714. The van der Waals surface area contributed by atoms with Gasteiger partial charge in [0.2, 0.25) is 0 Å². The first-order valence-electron chi connectivity index (χ1n) is 6.26. The van der Waals surface area contributed by atoms with E-state index in [4.69, 9.17) is 23.1 Å². The molecule has 0 aliphatic carbocycles. The minimum Gasteiger partial charge on any atom is -0.399 e. The monoisotopic (exact) mass is 300 g/mol. The topological polar surface area (TPSA) is 95.6 Å². The van der Waals surface area contributed by atoms with Gasteiger partial charge in [-0.1, -0.05) is 23.7 Å². The summed E-state index contributed by atoms with van der Waals surface area (Å²) in [5, 5.41) is 12.4. The third-order valence-corrected chi connectivity index (χ3v) is 3.41. The largest absolute Gasteiger partial charge is 0.399 e. The van der Waals surface area contributed by atoms with Crippen molar-refractivity contribution in [2.24, 2.45) is 0 Å². The molecule has 0 fully saturated rings. The Morgan fingerprint density at radius 1 is 1.10 bits per heavy atom. The van der Waals surface area contributed by atoms with Gasteiger partial charge >= 0.3 is 0 Å².